The first-order valence-corrected chi connectivity index (χ1v) is 6.46. The molecular formula is C12H13BrF4N2O. The van der Waals surface area contributed by atoms with Gasteiger partial charge >= 0.3 is 6.18 Å². The summed E-state index contributed by atoms with van der Waals surface area (Å²) < 4.78 is 49.4. The van der Waals surface area contributed by atoms with E-state index in [1.54, 1.807) is 12.2 Å². The lowest BCUT2D eigenvalue weighted by Gasteiger charge is -2.18. The quantitative estimate of drug-likeness (QED) is 0.812. The molecule has 0 aliphatic rings. The molecule has 0 aromatic heterocycles. The van der Waals surface area contributed by atoms with Gasteiger partial charge in [0.1, 0.15) is 18.4 Å². The first-order valence-electron chi connectivity index (χ1n) is 5.67. The second kappa shape index (κ2) is 6.43. The molecule has 0 fully saturated rings. The molecule has 0 radical (unpaired) electrons. The molecule has 1 rings (SSSR count). The van der Waals surface area contributed by atoms with E-state index in [0.29, 0.717) is 11.3 Å². The van der Waals surface area contributed by atoms with Gasteiger partial charge in [0.2, 0.25) is 5.91 Å². The zero-order chi connectivity index (χ0) is 15.5. The third-order valence-electron chi connectivity index (χ3n) is 2.50. The fraction of sp³-hybridized carbons (Fsp3) is 0.417. The van der Waals surface area contributed by atoms with E-state index < -0.39 is 30.5 Å². The van der Waals surface area contributed by atoms with Crippen molar-refractivity contribution in [1.29, 1.82) is 0 Å². The summed E-state index contributed by atoms with van der Waals surface area (Å²) in [6, 6.07) is 1.80. The summed E-state index contributed by atoms with van der Waals surface area (Å²) in [7, 11) is 0. The number of carbonyl (C=O) groups is 1. The second-order valence-corrected chi connectivity index (χ2v) is 5.13. The average Bonchev–Trinajstić information content (AvgIpc) is 2.31. The summed E-state index contributed by atoms with van der Waals surface area (Å²) in [5.41, 5.74) is 1.01. The predicted molar refractivity (Wildman–Crippen MR) is 71.0 cm³/mol. The van der Waals surface area contributed by atoms with Crippen LogP contribution in [0.15, 0.2) is 16.6 Å². The van der Waals surface area contributed by atoms with Gasteiger partial charge in [-0.2, -0.15) is 13.2 Å². The van der Waals surface area contributed by atoms with Crippen molar-refractivity contribution in [2.24, 2.45) is 0 Å². The molecule has 0 saturated carbocycles. The number of amides is 1. The summed E-state index contributed by atoms with van der Waals surface area (Å²) in [5.74, 6) is -1.25. The van der Waals surface area contributed by atoms with E-state index in [2.05, 4.69) is 21.2 Å². The topological polar surface area (TPSA) is 41.1 Å². The summed E-state index contributed by atoms with van der Waals surface area (Å²) in [5, 5.41) is 4.51. The van der Waals surface area contributed by atoms with Crippen LogP contribution in [0.25, 0.3) is 0 Å². The standard InChI is InChI=1S/C12H13BrF4N2O/c1-6-3-9(14)8(13)4-10(6)19-7(2)11(20)18-5-12(15,16)17/h3-4,7,19H,5H2,1-2H3,(H,18,20). The van der Waals surface area contributed by atoms with Crippen molar-refractivity contribution in [3.05, 3.63) is 28.0 Å². The van der Waals surface area contributed by atoms with Crippen molar-refractivity contribution in [3.8, 4) is 0 Å². The van der Waals surface area contributed by atoms with E-state index >= 15 is 0 Å². The zero-order valence-corrected chi connectivity index (χ0v) is 12.3. The van der Waals surface area contributed by atoms with Crippen molar-refractivity contribution in [2.75, 3.05) is 11.9 Å². The Hall–Kier alpha value is -1.31. The Morgan fingerprint density at radius 2 is 2.00 bits per heavy atom. The van der Waals surface area contributed by atoms with Crippen LogP contribution in [-0.4, -0.2) is 24.7 Å². The van der Waals surface area contributed by atoms with Crippen molar-refractivity contribution < 1.29 is 22.4 Å². The fourth-order valence-corrected chi connectivity index (χ4v) is 1.78. The molecule has 1 unspecified atom stereocenters. The molecule has 0 aliphatic heterocycles. The van der Waals surface area contributed by atoms with E-state index in [1.807, 2.05) is 0 Å². The monoisotopic (exact) mass is 356 g/mol. The van der Waals surface area contributed by atoms with Crippen LogP contribution in [0.2, 0.25) is 0 Å². The van der Waals surface area contributed by atoms with Gasteiger partial charge in [-0.1, -0.05) is 0 Å². The predicted octanol–water partition coefficient (Wildman–Crippen LogP) is 3.38. The molecule has 0 aliphatic carbocycles. The molecular weight excluding hydrogens is 344 g/mol. The smallest absolute Gasteiger partial charge is 0.374 e. The Balaban J connectivity index is 2.69. The summed E-state index contributed by atoms with van der Waals surface area (Å²) in [4.78, 5) is 11.5. The molecule has 0 saturated heterocycles. The van der Waals surface area contributed by atoms with Gasteiger partial charge in [0.05, 0.1) is 4.47 Å². The largest absolute Gasteiger partial charge is 0.405 e. The van der Waals surface area contributed by atoms with Crippen LogP contribution in [-0.2, 0) is 4.79 Å². The maximum Gasteiger partial charge on any atom is 0.405 e. The van der Waals surface area contributed by atoms with Crippen LogP contribution < -0.4 is 10.6 Å². The number of halogens is 5. The van der Waals surface area contributed by atoms with Gasteiger partial charge in [-0.25, -0.2) is 4.39 Å². The molecule has 112 valence electrons. The highest BCUT2D eigenvalue weighted by Gasteiger charge is 2.28. The van der Waals surface area contributed by atoms with E-state index in [4.69, 9.17) is 0 Å². The molecule has 1 amide bonds. The average molecular weight is 357 g/mol. The maximum atomic E-state index is 13.2. The lowest BCUT2D eigenvalue weighted by atomic mass is 10.1. The van der Waals surface area contributed by atoms with Crippen LogP contribution in [0.1, 0.15) is 12.5 Å². The van der Waals surface area contributed by atoms with Gasteiger partial charge in [-0.15, -0.1) is 0 Å². The van der Waals surface area contributed by atoms with Gasteiger partial charge in [0.15, 0.2) is 0 Å². The van der Waals surface area contributed by atoms with Gasteiger partial charge in [0.25, 0.3) is 0 Å². The number of carbonyl (C=O) groups excluding carboxylic acids is 1. The van der Waals surface area contributed by atoms with Crippen LogP contribution in [0, 0.1) is 12.7 Å². The number of rotatable bonds is 4. The minimum atomic E-state index is -4.45. The third kappa shape index (κ3) is 4.99. The highest BCUT2D eigenvalue weighted by molar-refractivity contribution is 9.10. The van der Waals surface area contributed by atoms with E-state index in [1.165, 1.54) is 19.1 Å². The number of anilines is 1. The Kier molecular flexibility index (Phi) is 5.38. The summed E-state index contributed by atoms with van der Waals surface area (Å²) in [6.07, 6.45) is -4.45. The first-order chi connectivity index (χ1) is 9.10. The van der Waals surface area contributed by atoms with Gasteiger partial charge in [0, 0.05) is 5.69 Å². The highest BCUT2D eigenvalue weighted by atomic mass is 79.9. The Morgan fingerprint density at radius 3 is 2.55 bits per heavy atom. The molecule has 0 bridgehead atoms. The van der Waals surface area contributed by atoms with Crippen molar-refractivity contribution in [3.63, 3.8) is 0 Å². The van der Waals surface area contributed by atoms with Gasteiger partial charge in [-0.3, -0.25) is 4.79 Å². The number of hydrogen-bond donors (Lipinski definition) is 2. The zero-order valence-electron chi connectivity index (χ0n) is 10.7. The number of aryl methyl sites for hydroxylation is 1. The van der Waals surface area contributed by atoms with E-state index in [9.17, 15) is 22.4 Å². The molecule has 0 spiro atoms. The van der Waals surface area contributed by atoms with Crippen LogP contribution >= 0.6 is 15.9 Å². The van der Waals surface area contributed by atoms with E-state index in [-0.39, 0.29) is 4.47 Å². The van der Waals surface area contributed by atoms with Gasteiger partial charge < -0.3 is 10.6 Å². The number of hydrogen-bond acceptors (Lipinski definition) is 2. The Bertz CT molecular complexity index is 505. The molecule has 20 heavy (non-hydrogen) atoms. The first kappa shape index (κ1) is 16.7. The SMILES string of the molecule is Cc1cc(F)c(Br)cc1NC(C)C(=O)NCC(F)(F)F. The number of alkyl halides is 3. The number of nitrogens with one attached hydrogen (secondary N) is 2. The molecule has 1 aromatic carbocycles. The number of benzene rings is 1. The molecule has 1 aromatic rings. The molecule has 2 N–H and O–H groups in total. The van der Waals surface area contributed by atoms with Crippen LogP contribution in [0.3, 0.4) is 0 Å². The molecule has 0 heterocycles. The van der Waals surface area contributed by atoms with Crippen molar-refractivity contribution >= 4 is 27.5 Å². The summed E-state index contributed by atoms with van der Waals surface area (Å²) in [6.45, 7) is 1.66. The fourth-order valence-electron chi connectivity index (χ4n) is 1.44. The normalized spacial score (nSPS) is 12.9. The third-order valence-corrected chi connectivity index (χ3v) is 3.10. The van der Waals surface area contributed by atoms with Crippen LogP contribution in [0.5, 0.6) is 0 Å². The molecule has 3 nitrogen and oxygen atoms in total. The van der Waals surface area contributed by atoms with Gasteiger partial charge in [-0.05, 0) is 47.5 Å². The lowest BCUT2D eigenvalue weighted by molar-refractivity contribution is -0.138. The summed E-state index contributed by atoms with van der Waals surface area (Å²) >= 11 is 3.00. The Labute approximate surface area is 121 Å². The lowest BCUT2D eigenvalue weighted by Crippen LogP contribution is -2.42. The molecule has 8 heteroatoms. The van der Waals surface area contributed by atoms with Crippen molar-refractivity contribution in [2.45, 2.75) is 26.1 Å². The highest BCUT2D eigenvalue weighted by Crippen LogP contribution is 2.24. The van der Waals surface area contributed by atoms with Crippen molar-refractivity contribution in [1.82, 2.24) is 5.32 Å². The maximum absolute atomic E-state index is 13.2. The van der Waals surface area contributed by atoms with E-state index in [0.717, 1.165) is 0 Å². The Morgan fingerprint density at radius 1 is 1.40 bits per heavy atom. The van der Waals surface area contributed by atoms with Crippen LogP contribution in [0.4, 0.5) is 23.2 Å². The minimum Gasteiger partial charge on any atom is -0.374 e. The minimum absolute atomic E-state index is 0.202. The molecule has 1 atom stereocenters. The second-order valence-electron chi connectivity index (χ2n) is 4.28.